The summed E-state index contributed by atoms with van der Waals surface area (Å²) in [5.74, 6) is -0.535. The Balaban J connectivity index is 1.31. The van der Waals surface area contributed by atoms with Gasteiger partial charge in [0, 0.05) is 52.1 Å². The first-order valence-electron chi connectivity index (χ1n) is 15.0. The normalized spacial score (nSPS) is 17.3. The van der Waals surface area contributed by atoms with Gasteiger partial charge in [-0.3, -0.25) is 19.3 Å². The Labute approximate surface area is 247 Å². The van der Waals surface area contributed by atoms with Crippen molar-refractivity contribution < 1.29 is 24.3 Å². The monoisotopic (exact) mass is 577 g/mol. The number of hydrogen-bond donors (Lipinski definition) is 4. The van der Waals surface area contributed by atoms with Gasteiger partial charge in [0.1, 0.15) is 12.1 Å². The lowest BCUT2D eigenvalue weighted by Crippen LogP contribution is -2.55. The molecule has 1 unspecified atom stereocenters. The van der Waals surface area contributed by atoms with Crippen molar-refractivity contribution in [1.82, 2.24) is 25.8 Å². The number of nitrogens with one attached hydrogen (secondary N) is 3. The molecule has 0 radical (unpaired) electrons. The summed E-state index contributed by atoms with van der Waals surface area (Å²) in [6.07, 6.45) is 3.16. The molecular weight excluding hydrogens is 534 g/mol. The molecule has 1 aliphatic heterocycles. The minimum atomic E-state index is -1.19. The zero-order chi connectivity index (χ0) is 29.9. The highest BCUT2D eigenvalue weighted by Gasteiger charge is 2.32. The lowest BCUT2D eigenvalue weighted by molar-refractivity contribution is -0.138. The zero-order valence-electron chi connectivity index (χ0n) is 24.4. The molecule has 1 heterocycles. The molecule has 0 aromatic heterocycles. The fourth-order valence-corrected chi connectivity index (χ4v) is 5.83. The van der Waals surface area contributed by atoms with Gasteiger partial charge >= 0.3 is 6.09 Å². The summed E-state index contributed by atoms with van der Waals surface area (Å²) in [6.45, 7) is 5.67. The molecule has 0 spiro atoms. The average Bonchev–Trinajstić information content (AvgIpc) is 3.54. The first-order valence-corrected chi connectivity index (χ1v) is 15.0. The maximum absolute atomic E-state index is 13.5. The number of piperazine rings is 1. The van der Waals surface area contributed by atoms with Crippen LogP contribution in [0.3, 0.4) is 0 Å². The van der Waals surface area contributed by atoms with E-state index in [1.54, 1.807) is 6.92 Å². The zero-order valence-corrected chi connectivity index (χ0v) is 24.4. The van der Waals surface area contributed by atoms with Gasteiger partial charge in [0.2, 0.25) is 17.7 Å². The lowest BCUT2D eigenvalue weighted by atomic mass is 9.97. The third-order valence-electron chi connectivity index (χ3n) is 8.25. The Bertz CT molecular complexity index is 1190. The van der Waals surface area contributed by atoms with Crippen molar-refractivity contribution in [2.24, 2.45) is 5.92 Å². The smallest absolute Gasteiger partial charge is 0.405 e. The van der Waals surface area contributed by atoms with Crippen LogP contribution in [0.5, 0.6) is 0 Å². The first-order chi connectivity index (χ1) is 20.3. The Kier molecular flexibility index (Phi) is 11.3. The molecule has 226 valence electrons. The highest BCUT2D eigenvalue weighted by molar-refractivity contribution is 5.88. The predicted octanol–water partition coefficient (Wildman–Crippen LogP) is 2.91. The van der Waals surface area contributed by atoms with Gasteiger partial charge in [-0.2, -0.15) is 0 Å². The summed E-state index contributed by atoms with van der Waals surface area (Å²) in [5, 5.41) is 17.4. The van der Waals surface area contributed by atoms with Gasteiger partial charge in [-0.25, -0.2) is 4.79 Å². The number of nitrogens with zero attached hydrogens (tertiary/aromatic N) is 2. The van der Waals surface area contributed by atoms with Gasteiger partial charge in [-0.1, -0.05) is 74.4 Å². The maximum atomic E-state index is 13.5. The first kappa shape index (κ1) is 31.0. The molecule has 1 saturated carbocycles. The number of amides is 4. The van der Waals surface area contributed by atoms with Crippen LogP contribution >= 0.6 is 0 Å². The van der Waals surface area contributed by atoms with Crippen molar-refractivity contribution in [3.63, 3.8) is 0 Å². The number of carboxylic acid groups (broad SMARTS) is 1. The Morgan fingerprint density at radius 1 is 0.857 bits per heavy atom. The Morgan fingerprint density at radius 2 is 1.50 bits per heavy atom. The van der Waals surface area contributed by atoms with E-state index in [2.05, 4.69) is 33.0 Å². The average molecular weight is 578 g/mol. The molecule has 0 bridgehead atoms. The molecule has 4 N–H and O–H groups in total. The molecule has 2 aromatic rings. The molecule has 4 rings (SSSR count). The molecule has 2 fully saturated rings. The number of carbonyl (C=O) groups excluding carboxylic acids is 3. The van der Waals surface area contributed by atoms with E-state index in [1.165, 1.54) is 5.56 Å². The van der Waals surface area contributed by atoms with E-state index >= 15 is 0 Å². The number of rotatable bonds is 12. The van der Waals surface area contributed by atoms with Crippen LogP contribution in [0.25, 0.3) is 0 Å². The second-order valence-electron chi connectivity index (χ2n) is 11.3. The van der Waals surface area contributed by atoms with Crippen LogP contribution in [-0.4, -0.2) is 77.0 Å². The second-order valence-corrected chi connectivity index (χ2v) is 11.3. The van der Waals surface area contributed by atoms with E-state index in [0.29, 0.717) is 25.9 Å². The molecule has 4 amide bonds. The summed E-state index contributed by atoms with van der Waals surface area (Å²) in [5.41, 5.74) is 3.01. The fraction of sp³-hybridized carbons (Fsp3) is 0.500. The topological polar surface area (TPSA) is 131 Å². The van der Waals surface area contributed by atoms with Gasteiger partial charge in [-0.05, 0) is 35.4 Å². The highest BCUT2D eigenvalue weighted by Crippen LogP contribution is 2.28. The molecular formula is C32H43N5O5. The molecule has 42 heavy (non-hydrogen) atoms. The van der Waals surface area contributed by atoms with E-state index in [1.807, 2.05) is 47.4 Å². The summed E-state index contributed by atoms with van der Waals surface area (Å²) < 4.78 is 0. The standard InChI is InChI=1S/C32H43N5O5/c1-2-28(38)34-27(31(40)37-18-16-36(17-19-37)22-25-8-4-3-5-9-25)20-23-12-14-24(15-13-23)21-33-30(39)29(35-32(41)42)26-10-6-7-11-26/h3-5,8-9,12-15,26-27,29,35H,2,6-7,10-11,16-22H2,1H3,(H,33,39)(H,34,38)(H,41,42)/t27?,29-/m0/s1. The lowest BCUT2D eigenvalue weighted by Gasteiger charge is -2.36. The molecule has 2 aromatic carbocycles. The van der Waals surface area contributed by atoms with Gasteiger partial charge in [0.05, 0.1) is 0 Å². The quantitative estimate of drug-likeness (QED) is 0.307. The van der Waals surface area contributed by atoms with Crippen LogP contribution in [0.15, 0.2) is 54.6 Å². The van der Waals surface area contributed by atoms with E-state index in [9.17, 15) is 24.3 Å². The molecule has 2 atom stereocenters. The largest absolute Gasteiger partial charge is 0.465 e. The Hall–Kier alpha value is -3.92. The van der Waals surface area contributed by atoms with Crippen LogP contribution in [0.2, 0.25) is 0 Å². The molecule has 1 aliphatic carbocycles. The summed E-state index contributed by atoms with van der Waals surface area (Å²) >= 11 is 0. The summed E-state index contributed by atoms with van der Waals surface area (Å²) in [4.78, 5) is 54.0. The summed E-state index contributed by atoms with van der Waals surface area (Å²) in [7, 11) is 0. The van der Waals surface area contributed by atoms with Crippen molar-refractivity contribution >= 4 is 23.8 Å². The van der Waals surface area contributed by atoms with Crippen LogP contribution in [0.1, 0.15) is 55.7 Å². The third kappa shape index (κ3) is 9.04. The van der Waals surface area contributed by atoms with Crippen molar-refractivity contribution in [2.75, 3.05) is 26.2 Å². The van der Waals surface area contributed by atoms with Gasteiger partial charge < -0.3 is 26.0 Å². The second kappa shape index (κ2) is 15.3. The van der Waals surface area contributed by atoms with Crippen LogP contribution in [0.4, 0.5) is 4.79 Å². The number of hydrogen-bond acceptors (Lipinski definition) is 5. The van der Waals surface area contributed by atoms with Crippen molar-refractivity contribution in [3.05, 3.63) is 71.3 Å². The van der Waals surface area contributed by atoms with Crippen LogP contribution in [-0.2, 0) is 33.9 Å². The minimum Gasteiger partial charge on any atom is -0.465 e. The molecule has 1 saturated heterocycles. The number of carbonyl (C=O) groups is 4. The summed E-state index contributed by atoms with van der Waals surface area (Å²) in [6, 6.07) is 16.5. The SMILES string of the molecule is CCC(=O)NC(Cc1ccc(CNC(=O)[C@@H](NC(=O)O)C2CCCC2)cc1)C(=O)N1CCN(Cc2ccccc2)CC1. The van der Waals surface area contributed by atoms with E-state index in [-0.39, 0.29) is 30.2 Å². The minimum absolute atomic E-state index is 0.0168. The van der Waals surface area contributed by atoms with Crippen molar-refractivity contribution in [1.29, 1.82) is 0 Å². The van der Waals surface area contributed by atoms with Crippen LogP contribution in [0, 0.1) is 5.92 Å². The molecule has 10 heteroatoms. The fourth-order valence-electron chi connectivity index (χ4n) is 5.83. The van der Waals surface area contributed by atoms with E-state index in [0.717, 1.165) is 56.4 Å². The Morgan fingerprint density at radius 3 is 2.12 bits per heavy atom. The number of benzene rings is 2. The van der Waals surface area contributed by atoms with E-state index in [4.69, 9.17) is 0 Å². The predicted molar refractivity (Wildman–Crippen MR) is 159 cm³/mol. The van der Waals surface area contributed by atoms with Gasteiger partial charge in [0.25, 0.3) is 0 Å². The van der Waals surface area contributed by atoms with Gasteiger partial charge in [0.15, 0.2) is 0 Å². The van der Waals surface area contributed by atoms with Crippen molar-refractivity contribution in [2.45, 2.75) is 70.6 Å². The van der Waals surface area contributed by atoms with Crippen LogP contribution < -0.4 is 16.0 Å². The molecule has 2 aliphatic rings. The highest BCUT2D eigenvalue weighted by atomic mass is 16.4. The third-order valence-corrected chi connectivity index (χ3v) is 8.25. The van der Waals surface area contributed by atoms with E-state index < -0.39 is 18.2 Å². The molecule has 10 nitrogen and oxygen atoms in total. The van der Waals surface area contributed by atoms with Gasteiger partial charge in [-0.15, -0.1) is 0 Å². The van der Waals surface area contributed by atoms with Crippen molar-refractivity contribution in [3.8, 4) is 0 Å². The maximum Gasteiger partial charge on any atom is 0.405 e.